The Bertz CT molecular complexity index is 681. The number of hydrogen-bond acceptors (Lipinski definition) is 5. The van der Waals surface area contributed by atoms with Gasteiger partial charge in [-0.15, -0.1) is 0 Å². The molecule has 0 unspecified atom stereocenters. The van der Waals surface area contributed by atoms with E-state index in [2.05, 4.69) is 20.1 Å². The first-order valence-corrected chi connectivity index (χ1v) is 7.61. The minimum absolute atomic E-state index is 0.192. The van der Waals surface area contributed by atoms with E-state index in [0.29, 0.717) is 18.8 Å². The molecule has 2 heterocycles. The fourth-order valence-electron chi connectivity index (χ4n) is 1.71. The van der Waals surface area contributed by atoms with Gasteiger partial charge in [-0.25, -0.2) is 18.1 Å². The van der Waals surface area contributed by atoms with Crippen LogP contribution in [0.25, 0.3) is 0 Å². The number of hydrogen-bond donors (Lipinski definition) is 2. The summed E-state index contributed by atoms with van der Waals surface area (Å²) >= 11 is 0. The fourth-order valence-corrected chi connectivity index (χ4v) is 2.75. The van der Waals surface area contributed by atoms with Crippen molar-refractivity contribution in [3.8, 4) is 0 Å². The molecule has 2 rings (SSSR count). The first-order chi connectivity index (χ1) is 9.51. The molecule has 2 N–H and O–H groups in total. The van der Waals surface area contributed by atoms with Gasteiger partial charge in [0.1, 0.15) is 5.82 Å². The molecule has 0 saturated heterocycles. The van der Waals surface area contributed by atoms with Gasteiger partial charge in [0.05, 0.1) is 10.6 Å². The van der Waals surface area contributed by atoms with E-state index >= 15 is 0 Å². The third-order valence-corrected chi connectivity index (χ3v) is 4.20. The molecule has 0 bridgehead atoms. The lowest BCUT2D eigenvalue weighted by Gasteiger charge is -2.07. The van der Waals surface area contributed by atoms with Crippen LogP contribution in [0.1, 0.15) is 5.69 Å². The van der Waals surface area contributed by atoms with Crippen molar-refractivity contribution >= 4 is 15.8 Å². The minimum atomic E-state index is -3.52. The number of pyridine rings is 1. The van der Waals surface area contributed by atoms with Crippen molar-refractivity contribution < 1.29 is 8.42 Å². The van der Waals surface area contributed by atoms with Crippen LogP contribution in [-0.2, 0) is 23.5 Å². The summed E-state index contributed by atoms with van der Waals surface area (Å²) in [6.07, 6.45) is 3.83. The van der Waals surface area contributed by atoms with E-state index in [-0.39, 0.29) is 4.90 Å². The molecule has 108 valence electrons. The Morgan fingerprint density at radius 1 is 1.35 bits per heavy atom. The predicted octanol–water partition coefficient (Wildman–Crippen LogP) is 0.378. The second-order valence-electron chi connectivity index (χ2n) is 4.26. The summed E-state index contributed by atoms with van der Waals surface area (Å²) in [4.78, 5) is 4.18. The standard InChI is InChI=1S/C12H17N5O2S/c1-13-12-9-11(4-6-14-12)20(18,19)15-7-3-10-5-8-17(2)16-10/h4-6,8-9,15H,3,7H2,1-2H3,(H,13,14). The molecule has 0 amide bonds. The van der Waals surface area contributed by atoms with Gasteiger partial charge in [-0.3, -0.25) is 4.68 Å². The maximum Gasteiger partial charge on any atom is 0.240 e. The van der Waals surface area contributed by atoms with Crippen LogP contribution in [0.5, 0.6) is 0 Å². The Balaban J connectivity index is 2.00. The zero-order chi connectivity index (χ0) is 14.6. The van der Waals surface area contributed by atoms with Crippen molar-refractivity contribution in [3.63, 3.8) is 0 Å². The van der Waals surface area contributed by atoms with Gasteiger partial charge in [0.15, 0.2) is 0 Å². The van der Waals surface area contributed by atoms with Gasteiger partial charge in [0, 0.05) is 45.5 Å². The molecule has 0 aliphatic carbocycles. The molecule has 20 heavy (non-hydrogen) atoms. The van der Waals surface area contributed by atoms with E-state index in [0.717, 1.165) is 5.69 Å². The van der Waals surface area contributed by atoms with Gasteiger partial charge < -0.3 is 5.32 Å². The van der Waals surface area contributed by atoms with Gasteiger partial charge in [-0.2, -0.15) is 5.10 Å². The number of nitrogens with one attached hydrogen (secondary N) is 2. The van der Waals surface area contributed by atoms with E-state index in [9.17, 15) is 8.42 Å². The smallest absolute Gasteiger partial charge is 0.240 e. The summed E-state index contributed by atoms with van der Waals surface area (Å²) in [6, 6.07) is 4.81. The molecule has 0 fully saturated rings. The number of aryl methyl sites for hydroxylation is 1. The average molecular weight is 295 g/mol. The number of sulfonamides is 1. The van der Waals surface area contributed by atoms with Gasteiger partial charge in [-0.05, 0) is 12.1 Å². The molecule has 0 radical (unpaired) electrons. The zero-order valence-corrected chi connectivity index (χ0v) is 12.2. The second-order valence-corrected chi connectivity index (χ2v) is 6.02. The fraction of sp³-hybridized carbons (Fsp3) is 0.333. The molecule has 8 heteroatoms. The van der Waals surface area contributed by atoms with Gasteiger partial charge in [0.2, 0.25) is 10.0 Å². The summed E-state index contributed by atoms with van der Waals surface area (Å²) in [5.41, 5.74) is 0.848. The topological polar surface area (TPSA) is 88.9 Å². The Morgan fingerprint density at radius 2 is 2.15 bits per heavy atom. The van der Waals surface area contributed by atoms with E-state index in [4.69, 9.17) is 0 Å². The molecule has 0 aliphatic rings. The first kappa shape index (κ1) is 14.5. The molecule has 2 aromatic heterocycles. The molecule has 0 aliphatic heterocycles. The monoisotopic (exact) mass is 295 g/mol. The maximum absolute atomic E-state index is 12.1. The Morgan fingerprint density at radius 3 is 2.80 bits per heavy atom. The van der Waals surface area contributed by atoms with E-state index in [1.54, 1.807) is 11.7 Å². The van der Waals surface area contributed by atoms with E-state index in [1.807, 2.05) is 19.3 Å². The molecular formula is C12H17N5O2S. The summed E-state index contributed by atoms with van der Waals surface area (Å²) < 4.78 is 28.4. The predicted molar refractivity (Wildman–Crippen MR) is 75.9 cm³/mol. The van der Waals surface area contributed by atoms with Crippen molar-refractivity contribution in [3.05, 3.63) is 36.3 Å². The SMILES string of the molecule is CNc1cc(S(=O)(=O)NCCc2ccn(C)n2)ccn1. The van der Waals surface area contributed by atoms with Crippen LogP contribution >= 0.6 is 0 Å². The highest BCUT2D eigenvalue weighted by Gasteiger charge is 2.14. The molecule has 0 atom stereocenters. The van der Waals surface area contributed by atoms with Crippen molar-refractivity contribution in [2.24, 2.45) is 7.05 Å². The summed E-state index contributed by atoms with van der Waals surface area (Å²) in [5, 5.41) is 7.00. The molecule has 0 aromatic carbocycles. The van der Waals surface area contributed by atoms with Crippen LogP contribution < -0.4 is 10.0 Å². The van der Waals surface area contributed by atoms with Gasteiger partial charge in [-0.1, -0.05) is 0 Å². The zero-order valence-electron chi connectivity index (χ0n) is 11.4. The molecule has 2 aromatic rings. The highest BCUT2D eigenvalue weighted by Crippen LogP contribution is 2.11. The van der Waals surface area contributed by atoms with Gasteiger partial charge >= 0.3 is 0 Å². The lowest BCUT2D eigenvalue weighted by atomic mass is 10.3. The third-order valence-electron chi connectivity index (χ3n) is 2.74. The quantitative estimate of drug-likeness (QED) is 0.804. The Hall–Kier alpha value is -1.93. The Labute approximate surface area is 118 Å². The highest BCUT2D eigenvalue weighted by molar-refractivity contribution is 7.89. The maximum atomic E-state index is 12.1. The largest absolute Gasteiger partial charge is 0.373 e. The lowest BCUT2D eigenvalue weighted by molar-refractivity contribution is 0.581. The second kappa shape index (κ2) is 6.02. The molecule has 0 saturated carbocycles. The molecule has 7 nitrogen and oxygen atoms in total. The van der Waals surface area contributed by atoms with Crippen LogP contribution in [0.15, 0.2) is 35.5 Å². The number of aromatic nitrogens is 3. The van der Waals surface area contributed by atoms with Crippen molar-refractivity contribution in [2.75, 3.05) is 18.9 Å². The normalized spacial score (nSPS) is 11.5. The number of anilines is 1. The Kier molecular flexibility index (Phi) is 4.35. The van der Waals surface area contributed by atoms with Crippen LogP contribution in [0.3, 0.4) is 0 Å². The van der Waals surface area contributed by atoms with Crippen LogP contribution in [0.2, 0.25) is 0 Å². The average Bonchev–Trinajstić information content (AvgIpc) is 2.84. The highest BCUT2D eigenvalue weighted by atomic mass is 32.2. The minimum Gasteiger partial charge on any atom is -0.373 e. The van der Waals surface area contributed by atoms with Crippen LogP contribution in [0, 0.1) is 0 Å². The van der Waals surface area contributed by atoms with E-state index in [1.165, 1.54) is 18.3 Å². The number of nitrogens with zero attached hydrogens (tertiary/aromatic N) is 3. The van der Waals surface area contributed by atoms with Crippen LogP contribution in [0.4, 0.5) is 5.82 Å². The summed E-state index contributed by atoms with van der Waals surface area (Å²) in [7, 11) is -0.00974. The molecular weight excluding hydrogens is 278 g/mol. The third kappa shape index (κ3) is 3.55. The lowest BCUT2D eigenvalue weighted by Crippen LogP contribution is -2.26. The summed E-state index contributed by atoms with van der Waals surface area (Å²) in [6.45, 7) is 0.302. The van der Waals surface area contributed by atoms with Crippen LogP contribution in [-0.4, -0.2) is 36.8 Å². The van der Waals surface area contributed by atoms with Gasteiger partial charge in [0.25, 0.3) is 0 Å². The van der Waals surface area contributed by atoms with Crippen molar-refractivity contribution in [1.29, 1.82) is 0 Å². The van der Waals surface area contributed by atoms with E-state index < -0.39 is 10.0 Å². The summed E-state index contributed by atoms with van der Waals surface area (Å²) in [5.74, 6) is 0.512. The van der Waals surface area contributed by atoms with Crippen molar-refractivity contribution in [1.82, 2.24) is 19.5 Å². The molecule has 0 spiro atoms. The number of rotatable bonds is 6. The van der Waals surface area contributed by atoms with Crippen molar-refractivity contribution in [2.45, 2.75) is 11.3 Å². The first-order valence-electron chi connectivity index (χ1n) is 6.13.